The average molecular weight is 862 g/mol. The molecule has 0 aliphatic carbocycles. The first-order chi connectivity index (χ1) is 33.0. The minimum absolute atomic E-state index is 0.103. The molecular weight excluding hydrogens is 810 g/mol. The van der Waals surface area contributed by atoms with E-state index in [0.717, 1.165) is 59.5 Å². The summed E-state index contributed by atoms with van der Waals surface area (Å²) < 4.78 is 0. The number of aryl methyl sites for hydroxylation is 6. The van der Waals surface area contributed by atoms with E-state index in [-0.39, 0.29) is 6.71 Å². The number of pyridine rings is 3. The van der Waals surface area contributed by atoms with Crippen LogP contribution in [0.2, 0.25) is 0 Å². The maximum Gasteiger partial charge on any atom is 0.242 e. The Bertz CT molecular complexity index is 3090. The highest BCUT2D eigenvalue weighted by Gasteiger charge is 2.25. The monoisotopic (exact) mass is 861 g/mol. The van der Waals surface area contributed by atoms with E-state index in [2.05, 4.69) is 212 Å². The van der Waals surface area contributed by atoms with Gasteiger partial charge in [0.1, 0.15) is 0 Å². The summed E-state index contributed by atoms with van der Waals surface area (Å²) in [5.74, 6) is 0. The summed E-state index contributed by atoms with van der Waals surface area (Å²) in [5, 5.41) is 0. The van der Waals surface area contributed by atoms with Crippen LogP contribution in [0, 0.1) is 13.8 Å². The van der Waals surface area contributed by atoms with Crippen molar-refractivity contribution in [1.29, 1.82) is 0 Å². The SMILES string of the molecule is Cc1ccccc1B(c1ccnc(-c2ccc(-c3ccccc3-c3cc(CCc4ccc(-c5ccccn5)cc4)cc(CCc4ccc(-c5ccccn5)cc4)c3)cc2)c1)c1ccccc1C. The Morgan fingerprint density at radius 3 is 1.24 bits per heavy atom. The molecule has 0 saturated carbocycles. The Morgan fingerprint density at radius 1 is 0.313 bits per heavy atom. The molecule has 7 aromatic carbocycles. The van der Waals surface area contributed by atoms with Gasteiger partial charge >= 0.3 is 0 Å². The van der Waals surface area contributed by atoms with Gasteiger partial charge in [0.25, 0.3) is 0 Å². The lowest BCUT2D eigenvalue weighted by molar-refractivity contribution is 0.931. The third-order valence-corrected chi connectivity index (χ3v) is 13.1. The molecule has 3 nitrogen and oxygen atoms in total. The number of rotatable bonds is 14. The Labute approximate surface area is 396 Å². The van der Waals surface area contributed by atoms with E-state index in [1.165, 1.54) is 72.0 Å². The fraction of sp³-hybridized carbons (Fsp3) is 0.0952. The van der Waals surface area contributed by atoms with E-state index >= 15 is 0 Å². The zero-order chi connectivity index (χ0) is 45.4. The molecule has 10 aromatic rings. The molecule has 0 aliphatic heterocycles. The van der Waals surface area contributed by atoms with Crippen LogP contribution in [-0.4, -0.2) is 21.7 Å². The van der Waals surface area contributed by atoms with Gasteiger partial charge in [0.2, 0.25) is 6.71 Å². The lowest BCUT2D eigenvalue weighted by atomic mass is 9.35. The van der Waals surface area contributed by atoms with E-state index in [0.29, 0.717) is 0 Å². The van der Waals surface area contributed by atoms with E-state index in [4.69, 9.17) is 4.98 Å². The Balaban J connectivity index is 0.941. The quantitative estimate of drug-likeness (QED) is 0.102. The first kappa shape index (κ1) is 43.0. The van der Waals surface area contributed by atoms with Gasteiger partial charge in [-0.1, -0.05) is 203 Å². The molecule has 0 spiro atoms. The third-order valence-electron chi connectivity index (χ3n) is 13.1. The highest BCUT2D eigenvalue weighted by molar-refractivity contribution is 6.96. The standard InChI is InChI=1S/C63H52BN3/c1-45-13-3-7-17-59(45)64(60-18-8-4-14-46(60)2)56-37-40-67-63(44-56)54-35-33-51(34-36-54)57-15-5-6-16-58(57)55-42-49(23-21-47-25-29-52(30-26-47)61-19-9-11-38-65-61)41-50(43-55)24-22-48-27-31-53(32-28-48)62-20-10-12-39-66-62/h3-20,25-44H,21-24H2,1-2H3. The van der Waals surface area contributed by atoms with Crippen molar-refractivity contribution in [3.63, 3.8) is 0 Å². The highest BCUT2D eigenvalue weighted by atomic mass is 14.7. The lowest BCUT2D eigenvalue weighted by Gasteiger charge is -2.20. The normalized spacial score (nSPS) is 11.1. The maximum atomic E-state index is 4.92. The molecule has 0 bridgehead atoms. The summed E-state index contributed by atoms with van der Waals surface area (Å²) in [6.45, 7) is 4.53. The summed E-state index contributed by atoms with van der Waals surface area (Å²) in [6, 6.07) is 77.0. The van der Waals surface area contributed by atoms with Gasteiger partial charge in [0.05, 0.1) is 17.1 Å². The Hall–Kier alpha value is -7.95. The second kappa shape index (κ2) is 20.1. The van der Waals surface area contributed by atoms with Crippen molar-refractivity contribution >= 4 is 23.1 Å². The van der Waals surface area contributed by atoms with Crippen molar-refractivity contribution in [2.75, 3.05) is 0 Å². The van der Waals surface area contributed by atoms with Crippen molar-refractivity contribution in [1.82, 2.24) is 15.0 Å². The summed E-state index contributed by atoms with van der Waals surface area (Å²) in [6.07, 6.45) is 9.47. The topological polar surface area (TPSA) is 38.7 Å². The number of aromatic nitrogens is 3. The van der Waals surface area contributed by atoms with Crippen molar-refractivity contribution in [2.24, 2.45) is 0 Å². The van der Waals surface area contributed by atoms with E-state index in [1.54, 1.807) is 0 Å². The van der Waals surface area contributed by atoms with Crippen LogP contribution < -0.4 is 16.4 Å². The van der Waals surface area contributed by atoms with Crippen molar-refractivity contribution in [3.8, 4) is 56.0 Å². The molecule has 0 N–H and O–H groups in total. The summed E-state index contributed by atoms with van der Waals surface area (Å²) in [7, 11) is 0. The van der Waals surface area contributed by atoms with Crippen LogP contribution in [-0.2, 0) is 25.7 Å². The van der Waals surface area contributed by atoms with Crippen LogP contribution in [0.15, 0.2) is 231 Å². The minimum Gasteiger partial charge on any atom is -0.256 e. The minimum atomic E-state index is 0.103. The fourth-order valence-corrected chi connectivity index (χ4v) is 9.47. The molecule has 4 heteroatoms. The molecule has 0 amide bonds. The first-order valence-corrected chi connectivity index (χ1v) is 23.4. The van der Waals surface area contributed by atoms with Gasteiger partial charge < -0.3 is 0 Å². The van der Waals surface area contributed by atoms with Gasteiger partial charge in [0.15, 0.2) is 0 Å². The lowest BCUT2D eigenvalue weighted by Crippen LogP contribution is -2.53. The Kier molecular flexibility index (Phi) is 12.9. The fourth-order valence-electron chi connectivity index (χ4n) is 9.47. The van der Waals surface area contributed by atoms with Crippen LogP contribution in [0.3, 0.4) is 0 Å². The molecule has 3 heterocycles. The molecule has 0 radical (unpaired) electrons. The summed E-state index contributed by atoms with van der Waals surface area (Å²) >= 11 is 0. The number of hydrogen-bond acceptors (Lipinski definition) is 3. The maximum absolute atomic E-state index is 4.92. The summed E-state index contributed by atoms with van der Waals surface area (Å²) in [5.41, 5.74) is 23.0. The highest BCUT2D eigenvalue weighted by Crippen LogP contribution is 2.35. The van der Waals surface area contributed by atoms with Crippen LogP contribution in [0.25, 0.3) is 56.0 Å². The van der Waals surface area contributed by atoms with Gasteiger partial charge in [-0.05, 0) is 120 Å². The predicted molar refractivity (Wildman–Crippen MR) is 282 cm³/mol. The smallest absolute Gasteiger partial charge is 0.242 e. The molecule has 322 valence electrons. The third kappa shape index (κ3) is 10.0. The van der Waals surface area contributed by atoms with Crippen LogP contribution in [0.1, 0.15) is 33.4 Å². The molecule has 67 heavy (non-hydrogen) atoms. The predicted octanol–water partition coefficient (Wildman–Crippen LogP) is 12.9. The molecule has 10 rings (SSSR count). The van der Waals surface area contributed by atoms with E-state index in [1.807, 2.05) is 42.9 Å². The zero-order valence-corrected chi connectivity index (χ0v) is 38.2. The average Bonchev–Trinajstić information content (AvgIpc) is 3.39. The second-order valence-electron chi connectivity index (χ2n) is 17.6. The van der Waals surface area contributed by atoms with E-state index < -0.39 is 0 Å². The van der Waals surface area contributed by atoms with E-state index in [9.17, 15) is 0 Å². The molecule has 0 aliphatic rings. The largest absolute Gasteiger partial charge is 0.256 e. The Morgan fingerprint density at radius 2 is 0.731 bits per heavy atom. The van der Waals surface area contributed by atoms with Gasteiger partial charge in [-0.15, -0.1) is 0 Å². The molecule has 0 saturated heterocycles. The molecule has 0 fully saturated rings. The number of benzene rings is 7. The summed E-state index contributed by atoms with van der Waals surface area (Å²) in [4.78, 5) is 14.0. The first-order valence-electron chi connectivity index (χ1n) is 23.4. The van der Waals surface area contributed by atoms with Crippen LogP contribution in [0.5, 0.6) is 0 Å². The van der Waals surface area contributed by atoms with Gasteiger partial charge in [0, 0.05) is 35.3 Å². The van der Waals surface area contributed by atoms with Gasteiger partial charge in [-0.3, -0.25) is 15.0 Å². The zero-order valence-electron chi connectivity index (χ0n) is 38.2. The van der Waals surface area contributed by atoms with Gasteiger partial charge in [-0.25, -0.2) is 0 Å². The molecule has 0 atom stereocenters. The molecular formula is C63H52BN3. The second-order valence-corrected chi connectivity index (χ2v) is 17.6. The van der Waals surface area contributed by atoms with Crippen molar-refractivity contribution in [3.05, 3.63) is 264 Å². The van der Waals surface area contributed by atoms with Gasteiger partial charge in [-0.2, -0.15) is 0 Å². The van der Waals surface area contributed by atoms with Crippen molar-refractivity contribution in [2.45, 2.75) is 39.5 Å². The number of nitrogens with zero attached hydrogens (tertiary/aromatic N) is 3. The van der Waals surface area contributed by atoms with Crippen LogP contribution >= 0.6 is 0 Å². The number of hydrogen-bond donors (Lipinski definition) is 0. The van der Waals surface area contributed by atoms with Crippen molar-refractivity contribution < 1.29 is 0 Å². The molecule has 3 aromatic heterocycles. The molecule has 0 unspecified atom stereocenters. The van der Waals surface area contributed by atoms with Crippen LogP contribution in [0.4, 0.5) is 0 Å².